The predicted octanol–water partition coefficient (Wildman–Crippen LogP) is 2.63. The molecule has 3 nitrogen and oxygen atoms in total. The van der Waals surface area contributed by atoms with Crippen molar-refractivity contribution in [3.05, 3.63) is 11.4 Å². The standard InChI is InChI=1S/C15H27N3/c1-12(2)18-13-7-8-15(18,10-16-6)11-17(9-13)14(3,4)5/h12-13H,7-11H2,1-5H3. The molecule has 0 amide bonds. The highest BCUT2D eigenvalue weighted by molar-refractivity contribution is 5.12. The first kappa shape index (κ1) is 13.8. The number of fused-ring (bicyclic) bond motifs is 2. The van der Waals surface area contributed by atoms with Gasteiger partial charge in [-0.25, -0.2) is 6.57 Å². The first-order valence-electron chi connectivity index (χ1n) is 7.17. The Morgan fingerprint density at radius 3 is 2.56 bits per heavy atom. The highest BCUT2D eigenvalue weighted by Gasteiger charge is 2.55. The second-order valence-corrected chi connectivity index (χ2v) is 7.29. The van der Waals surface area contributed by atoms with Crippen LogP contribution in [0.3, 0.4) is 0 Å². The maximum atomic E-state index is 7.32. The quantitative estimate of drug-likeness (QED) is 0.697. The molecule has 2 saturated heterocycles. The molecule has 2 aliphatic heterocycles. The van der Waals surface area contributed by atoms with Crippen LogP contribution >= 0.6 is 0 Å². The van der Waals surface area contributed by atoms with Gasteiger partial charge in [0.25, 0.3) is 0 Å². The molecule has 0 aromatic carbocycles. The van der Waals surface area contributed by atoms with Crippen LogP contribution in [0.1, 0.15) is 47.5 Å². The average molecular weight is 249 g/mol. The third-order valence-electron chi connectivity index (χ3n) is 4.68. The normalized spacial score (nSPS) is 33.9. The molecule has 0 aliphatic carbocycles. The summed E-state index contributed by atoms with van der Waals surface area (Å²) in [7, 11) is 0. The lowest BCUT2D eigenvalue weighted by molar-refractivity contribution is -0.0450. The minimum atomic E-state index is 0.117. The van der Waals surface area contributed by atoms with Crippen molar-refractivity contribution in [1.82, 2.24) is 9.80 Å². The summed E-state index contributed by atoms with van der Waals surface area (Å²) < 4.78 is 0. The summed E-state index contributed by atoms with van der Waals surface area (Å²) in [4.78, 5) is 9.00. The number of likely N-dealkylation sites (tertiary alicyclic amines) is 1. The van der Waals surface area contributed by atoms with E-state index in [1.54, 1.807) is 0 Å². The number of nitrogens with zero attached hydrogens (tertiary/aromatic N) is 3. The summed E-state index contributed by atoms with van der Waals surface area (Å²) >= 11 is 0. The zero-order chi connectivity index (χ0) is 13.6. The van der Waals surface area contributed by atoms with Gasteiger partial charge < -0.3 is 4.85 Å². The topological polar surface area (TPSA) is 10.8 Å². The Morgan fingerprint density at radius 2 is 2.06 bits per heavy atom. The van der Waals surface area contributed by atoms with Crippen molar-refractivity contribution in [2.75, 3.05) is 19.6 Å². The largest absolute Gasteiger partial charge is 0.315 e. The van der Waals surface area contributed by atoms with Crippen LogP contribution in [0.4, 0.5) is 0 Å². The minimum absolute atomic E-state index is 0.117. The molecule has 0 radical (unpaired) electrons. The van der Waals surface area contributed by atoms with Gasteiger partial charge in [0.15, 0.2) is 0 Å². The molecular weight excluding hydrogens is 222 g/mol. The highest BCUT2D eigenvalue weighted by atomic mass is 15.4. The molecule has 2 aliphatic rings. The lowest BCUT2D eigenvalue weighted by atomic mass is 9.90. The molecule has 2 unspecified atom stereocenters. The van der Waals surface area contributed by atoms with Crippen molar-refractivity contribution < 1.29 is 0 Å². The SMILES string of the molecule is [C-]#[N+]CC12CCC(CN(C(C)(C)C)C1)N2C(C)C. The van der Waals surface area contributed by atoms with E-state index in [4.69, 9.17) is 6.57 Å². The van der Waals surface area contributed by atoms with E-state index in [1.165, 1.54) is 19.4 Å². The van der Waals surface area contributed by atoms with E-state index in [1.807, 2.05) is 0 Å². The number of piperazine rings is 1. The van der Waals surface area contributed by atoms with Gasteiger partial charge in [-0.2, -0.15) is 0 Å². The summed E-state index contributed by atoms with van der Waals surface area (Å²) in [6.07, 6.45) is 2.46. The van der Waals surface area contributed by atoms with Gasteiger partial charge in [-0.15, -0.1) is 0 Å². The highest BCUT2D eigenvalue weighted by Crippen LogP contribution is 2.42. The van der Waals surface area contributed by atoms with Gasteiger partial charge in [0.1, 0.15) is 5.54 Å². The van der Waals surface area contributed by atoms with E-state index < -0.39 is 0 Å². The predicted molar refractivity (Wildman–Crippen MR) is 75.5 cm³/mol. The van der Waals surface area contributed by atoms with Crippen molar-refractivity contribution in [3.8, 4) is 0 Å². The molecule has 0 saturated carbocycles. The van der Waals surface area contributed by atoms with Crippen LogP contribution in [0.15, 0.2) is 0 Å². The maximum absolute atomic E-state index is 7.32. The molecule has 2 atom stereocenters. The zero-order valence-corrected chi connectivity index (χ0v) is 12.5. The molecule has 2 bridgehead atoms. The summed E-state index contributed by atoms with van der Waals surface area (Å²) in [5.74, 6) is 0. The third-order valence-corrected chi connectivity index (χ3v) is 4.68. The number of hydrogen-bond donors (Lipinski definition) is 0. The monoisotopic (exact) mass is 249 g/mol. The van der Waals surface area contributed by atoms with Crippen molar-refractivity contribution in [2.45, 2.75) is 70.6 Å². The second-order valence-electron chi connectivity index (χ2n) is 7.29. The fraction of sp³-hybridized carbons (Fsp3) is 0.933. The Balaban J connectivity index is 2.29. The molecule has 0 spiro atoms. The molecule has 2 rings (SSSR count). The van der Waals surface area contributed by atoms with Crippen molar-refractivity contribution in [3.63, 3.8) is 0 Å². The molecule has 0 aromatic heterocycles. The number of hydrogen-bond acceptors (Lipinski definition) is 2. The van der Waals surface area contributed by atoms with Gasteiger partial charge in [0.2, 0.25) is 6.54 Å². The van der Waals surface area contributed by atoms with Crippen LogP contribution < -0.4 is 0 Å². The van der Waals surface area contributed by atoms with Gasteiger partial charge in [-0.05, 0) is 47.5 Å². The van der Waals surface area contributed by atoms with Crippen LogP contribution in [0.5, 0.6) is 0 Å². The summed E-state index contributed by atoms with van der Waals surface area (Å²) in [6.45, 7) is 21.7. The Kier molecular flexibility index (Phi) is 3.46. The minimum Gasteiger partial charge on any atom is -0.315 e. The first-order chi connectivity index (χ1) is 8.30. The molecule has 0 N–H and O–H groups in total. The van der Waals surface area contributed by atoms with Gasteiger partial charge >= 0.3 is 0 Å². The maximum Gasteiger partial charge on any atom is 0.234 e. The Morgan fingerprint density at radius 1 is 1.39 bits per heavy atom. The van der Waals surface area contributed by atoms with Gasteiger partial charge in [0.05, 0.1) is 0 Å². The lowest BCUT2D eigenvalue weighted by Crippen LogP contribution is -2.67. The molecular formula is C15H27N3. The number of rotatable bonds is 2. The summed E-state index contributed by atoms with van der Waals surface area (Å²) in [5.41, 5.74) is 0.338. The fourth-order valence-electron chi connectivity index (χ4n) is 3.94. The van der Waals surface area contributed by atoms with E-state index in [9.17, 15) is 0 Å². The van der Waals surface area contributed by atoms with Crippen LogP contribution in [-0.4, -0.2) is 52.6 Å². The average Bonchev–Trinajstić information content (AvgIpc) is 2.46. The molecule has 3 heteroatoms. The van der Waals surface area contributed by atoms with Crippen LogP contribution in [0.25, 0.3) is 4.85 Å². The molecule has 102 valence electrons. The summed E-state index contributed by atoms with van der Waals surface area (Å²) in [5, 5.41) is 0. The molecule has 2 heterocycles. The smallest absolute Gasteiger partial charge is 0.234 e. The lowest BCUT2D eigenvalue weighted by Gasteiger charge is -2.52. The van der Waals surface area contributed by atoms with Gasteiger partial charge in [-0.3, -0.25) is 9.80 Å². The molecule has 18 heavy (non-hydrogen) atoms. The van der Waals surface area contributed by atoms with Crippen LogP contribution in [0.2, 0.25) is 0 Å². The molecule has 0 aromatic rings. The van der Waals surface area contributed by atoms with E-state index >= 15 is 0 Å². The van der Waals surface area contributed by atoms with E-state index in [2.05, 4.69) is 49.3 Å². The Labute approximate surface area is 112 Å². The van der Waals surface area contributed by atoms with Crippen molar-refractivity contribution in [1.29, 1.82) is 0 Å². The zero-order valence-electron chi connectivity index (χ0n) is 12.5. The van der Waals surface area contributed by atoms with Crippen molar-refractivity contribution >= 4 is 0 Å². The van der Waals surface area contributed by atoms with Crippen LogP contribution in [-0.2, 0) is 0 Å². The Hall–Kier alpha value is -0.590. The fourth-order valence-corrected chi connectivity index (χ4v) is 3.94. The first-order valence-corrected chi connectivity index (χ1v) is 7.17. The van der Waals surface area contributed by atoms with Gasteiger partial charge in [0, 0.05) is 30.7 Å². The van der Waals surface area contributed by atoms with E-state index in [0.29, 0.717) is 18.6 Å². The van der Waals surface area contributed by atoms with E-state index in [-0.39, 0.29) is 11.1 Å². The van der Waals surface area contributed by atoms with Crippen LogP contribution in [0, 0.1) is 6.57 Å². The Bertz CT molecular complexity index is 350. The second kappa shape index (κ2) is 4.51. The van der Waals surface area contributed by atoms with Gasteiger partial charge in [-0.1, -0.05) is 0 Å². The van der Waals surface area contributed by atoms with E-state index in [0.717, 1.165) is 6.54 Å². The van der Waals surface area contributed by atoms with Crippen molar-refractivity contribution in [2.24, 2.45) is 0 Å². The summed E-state index contributed by atoms with van der Waals surface area (Å²) in [6, 6.07) is 1.21. The third kappa shape index (κ3) is 2.17. The molecule has 2 fully saturated rings.